The number of nitrogen functional groups attached to an aromatic ring is 1. The summed E-state index contributed by atoms with van der Waals surface area (Å²) in [7, 11) is 0. The van der Waals surface area contributed by atoms with Gasteiger partial charge < -0.3 is 10.5 Å². The zero-order valence-electron chi connectivity index (χ0n) is 11.4. The molecule has 1 aliphatic carbocycles. The quantitative estimate of drug-likeness (QED) is 0.661. The van der Waals surface area contributed by atoms with Crippen LogP contribution in [0.5, 0.6) is 0 Å². The summed E-state index contributed by atoms with van der Waals surface area (Å²) in [5.74, 6) is 0.129. The number of rotatable bonds is 4. The minimum absolute atomic E-state index is 0.134. The van der Waals surface area contributed by atoms with E-state index in [0.29, 0.717) is 17.2 Å². The average Bonchev–Trinajstić information content (AvgIpc) is 3.20. The van der Waals surface area contributed by atoms with E-state index in [4.69, 9.17) is 10.5 Å². The molecule has 0 saturated heterocycles. The first kappa shape index (κ1) is 14.5. The Morgan fingerprint density at radius 1 is 1.48 bits per heavy atom. The molecule has 1 aliphatic rings. The van der Waals surface area contributed by atoms with E-state index in [1.165, 1.54) is 24.2 Å². The van der Waals surface area contributed by atoms with Gasteiger partial charge in [0, 0.05) is 16.1 Å². The average molecular weight is 368 g/mol. The highest BCUT2D eigenvalue weighted by atomic mass is 79.9. The van der Waals surface area contributed by atoms with Gasteiger partial charge in [-0.15, -0.1) is 10.2 Å². The molecule has 0 aliphatic heterocycles. The van der Waals surface area contributed by atoms with Crippen LogP contribution in [0.15, 0.2) is 16.6 Å². The number of hydrogen-bond donors (Lipinski definition) is 1. The van der Waals surface area contributed by atoms with E-state index in [2.05, 4.69) is 26.1 Å². The summed E-state index contributed by atoms with van der Waals surface area (Å²) in [5.41, 5.74) is 7.45. The fourth-order valence-corrected chi connectivity index (χ4v) is 3.25. The molecule has 0 unspecified atom stereocenters. The van der Waals surface area contributed by atoms with Gasteiger partial charge >= 0.3 is 5.97 Å². The molecule has 2 aromatic rings. The fraction of sp³-hybridized carbons (Fsp3) is 0.357. The fourth-order valence-electron chi connectivity index (χ4n) is 2.00. The Bertz CT molecular complexity index is 698. The molecule has 1 heterocycles. The third-order valence-corrected chi connectivity index (χ3v) is 5.29. The number of nitrogens with two attached hydrogens (primary N) is 1. The van der Waals surface area contributed by atoms with Gasteiger partial charge in [-0.2, -0.15) is 0 Å². The van der Waals surface area contributed by atoms with E-state index in [1.807, 2.05) is 13.0 Å². The van der Waals surface area contributed by atoms with E-state index in [0.717, 1.165) is 20.1 Å². The van der Waals surface area contributed by atoms with Crippen LogP contribution in [0.1, 0.15) is 44.7 Å². The summed E-state index contributed by atoms with van der Waals surface area (Å²) >= 11 is 4.90. The summed E-state index contributed by atoms with van der Waals surface area (Å²) in [6.45, 7) is 1.96. The van der Waals surface area contributed by atoms with Crippen LogP contribution in [0, 0.1) is 6.92 Å². The molecule has 1 fully saturated rings. The predicted molar refractivity (Wildman–Crippen MR) is 84.3 cm³/mol. The predicted octanol–water partition coefficient (Wildman–Crippen LogP) is 3.43. The summed E-state index contributed by atoms with van der Waals surface area (Å²) in [4.78, 5) is 12.2. The number of nitrogens with zero attached hydrogens (tertiary/aromatic N) is 2. The molecule has 0 radical (unpaired) electrons. The number of halogens is 1. The van der Waals surface area contributed by atoms with Crippen LogP contribution in [0.2, 0.25) is 0 Å². The second-order valence-corrected chi connectivity index (χ2v) is 6.97. The van der Waals surface area contributed by atoms with Gasteiger partial charge in [-0.25, -0.2) is 4.79 Å². The molecule has 7 heteroatoms. The second kappa shape index (κ2) is 5.73. The topological polar surface area (TPSA) is 78.1 Å². The largest absolute Gasteiger partial charge is 0.455 e. The van der Waals surface area contributed by atoms with Crippen LogP contribution >= 0.6 is 27.3 Å². The third kappa shape index (κ3) is 3.08. The maximum absolute atomic E-state index is 12.2. The van der Waals surface area contributed by atoms with Gasteiger partial charge in [0.1, 0.15) is 11.6 Å². The van der Waals surface area contributed by atoms with Crippen molar-refractivity contribution in [2.24, 2.45) is 0 Å². The zero-order chi connectivity index (χ0) is 15.0. The molecular weight excluding hydrogens is 354 g/mol. The lowest BCUT2D eigenvalue weighted by molar-refractivity contribution is 0.0472. The number of carbonyl (C=O) groups is 1. The number of carbonyl (C=O) groups excluding carboxylic acids is 1. The highest BCUT2D eigenvalue weighted by Crippen LogP contribution is 2.41. The Morgan fingerprint density at radius 2 is 2.24 bits per heavy atom. The van der Waals surface area contributed by atoms with E-state index < -0.39 is 5.97 Å². The van der Waals surface area contributed by atoms with Crippen LogP contribution in [0.3, 0.4) is 0 Å². The number of esters is 1. The molecule has 0 amide bonds. The molecule has 5 nitrogen and oxygen atoms in total. The van der Waals surface area contributed by atoms with Crippen molar-refractivity contribution in [1.29, 1.82) is 0 Å². The Hall–Kier alpha value is -1.47. The SMILES string of the molecule is Cc1c(Br)ccc(N)c1C(=O)OCc1nnc(C2CC2)s1. The summed E-state index contributed by atoms with van der Waals surface area (Å²) in [6, 6.07) is 3.50. The highest BCUT2D eigenvalue weighted by molar-refractivity contribution is 9.10. The van der Waals surface area contributed by atoms with Gasteiger partial charge in [0.05, 0.1) is 5.56 Å². The molecule has 0 spiro atoms. The second-order valence-electron chi connectivity index (χ2n) is 5.02. The van der Waals surface area contributed by atoms with Gasteiger partial charge in [0.2, 0.25) is 0 Å². The minimum Gasteiger partial charge on any atom is -0.455 e. The van der Waals surface area contributed by atoms with Gasteiger partial charge in [-0.1, -0.05) is 27.3 Å². The van der Waals surface area contributed by atoms with Crippen molar-refractivity contribution in [3.8, 4) is 0 Å². The number of ether oxygens (including phenoxy) is 1. The standard InChI is InChI=1S/C14H14BrN3O2S/c1-7-9(15)4-5-10(16)12(7)14(19)20-6-11-17-18-13(21-11)8-2-3-8/h4-5,8H,2-3,6,16H2,1H3. The van der Waals surface area contributed by atoms with Crippen molar-refractivity contribution in [3.05, 3.63) is 37.7 Å². The lowest BCUT2D eigenvalue weighted by Gasteiger charge is -2.10. The third-order valence-electron chi connectivity index (χ3n) is 3.37. The van der Waals surface area contributed by atoms with E-state index in [1.54, 1.807) is 6.07 Å². The summed E-state index contributed by atoms with van der Waals surface area (Å²) < 4.78 is 6.14. The van der Waals surface area contributed by atoms with Crippen molar-refractivity contribution >= 4 is 38.9 Å². The Kier molecular flexibility index (Phi) is 3.95. The van der Waals surface area contributed by atoms with Crippen LogP contribution in [-0.4, -0.2) is 16.2 Å². The van der Waals surface area contributed by atoms with Crippen molar-refractivity contribution in [1.82, 2.24) is 10.2 Å². The smallest absolute Gasteiger partial charge is 0.340 e. The molecule has 21 heavy (non-hydrogen) atoms. The lowest BCUT2D eigenvalue weighted by Crippen LogP contribution is -2.10. The van der Waals surface area contributed by atoms with Gasteiger partial charge in [0.15, 0.2) is 5.01 Å². The molecule has 1 aromatic heterocycles. The van der Waals surface area contributed by atoms with Crippen molar-refractivity contribution < 1.29 is 9.53 Å². The first-order valence-corrected chi connectivity index (χ1v) is 8.21. The maximum atomic E-state index is 12.2. The first-order valence-electron chi connectivity index (χ1n) is 6.60. The molecule has 1 aromatic carbocycles. The minimum atomic E-state index is -0.436. The van der Waals surface area contributed by atoms with Gasteiger partial charge in [0.25, 0.3) is 0 Å². The van der Waals surface area contributed by atoms with E-state index in [9.17, 15) is 4.79 Å². The number of anilines is 1. The molecule has 1 saturated carbocycles. The van der Waals surface area contributed by atoms with Gasteiger partial charge in [-0.05, 0) is 37.5 Å². The van der Waals surface area contributed by atoms with Crippen LogP contribution in [0.4, 0.5) is 5.69 Å². The normalized spacial score (nSPS) is 14.2. The zero-order valence-corrected chi connectivity index (χ0v) is 13.8. The van der Waals surface area contributed by atoms with Crippen molar-refractivity contribution in [3.63, 3.8) is 0 Å². The highest BCUT2D eigenvalue weighted by Gasteiger charge is 2.27. The van der Waals surface area contributed by atoms with Gasteiger partial charge in [-0.3, -0.25) is 0 Å². The van der Waals surface area contributed by atoms with Crippen LogP contribution in [-0.2, 0) is 11.3 Å². The number of aromatic nitrogens is 2. The summed E-state index contributed by atoms with van der Waals surface area (Å²) in [5, 5.41) is 9.94. The number of benzene rings is 1. The van der Waals surface area contributed by atoms with Crippen molar-refractivity contribution in [2.75, 3.05) is 5.73 Å². The molecular formula is C14H14BrN3O2S. The molecule has 110 valence electrons. The molecule has 3 rings (SSSR count). The monoisotopic (exact) mass is 367 g/mol. The molecule has 2 N–H and O–H groups in total. The van der Waals surface area contributed by atoms with E-state index in [-0.39, 0.29) is 6.61 Å². The summed E-state index contributed by atoms with van der Waals surface area (Å²) in [6.07, 6.45) is 2.37. The first-order chi connectivity index (χ1) is 10.1. The number of hydrogen-bond acceptors (Lipinski definition) is 6. The molecule has 0 bridgehead atoms. The maximum Gasteiger partial charge on any atom is 0.340 e. The Balaban J connectivity index is 1.70. The Labute approximate surface area is 134 Å². The molecule has 0 atom stereocenters. The Morgan fingerprint density at radius 3 is 2.95 bits per heavy atom. The lowest BCUT2D eigenvalue weighted by atomic mass is 10.1. The van der Waals surface area contributed by atoms with Crippen LogP contribution < -0.4 is 5.73 Å². The van der Waals surface area contributed by atoms with Crippen LogP contribution in [0.25, 0.3) is 0 Å². The van der Waals surface area contributed by atoms with E-state index >= 15 is 0 Å². The van der Waals surface area contributed by atoms with Crippen molar-refractivity contribution in [2.45, 2.75) is 32.3 Å².